The summed E-state index contributed by atoms with van der Waals surface area (Å²) in [5, 5.41) is -0.0179. The molecule has 1 heterocycles. The Morgan fingerprint density at radius 3 is 2.43 bits per heavy atom. The van der Waals surface area contributed by atoms with E-state index in [1.807, 2.05) is 12.1 Å². The predicted octanol–water partition coefficient (Wildman–Crippen LogP) is 2.49. The first kappa shape index (κ1) is 16.0. The summed E-state index contributed by atoms with van der Waals surface area (Å²) in [6.07, 6.45) is 2.11. The third-order valence-corrected chi connectivity index (χ3v) is 5.07. The van der Waals surface area contributed by atoms with Crippen LogP contribution in [0.25, 0.3) is 0 Å². The molecule has 3 N–H and O–H groups in total. The van der Waals surface area contributed by atoms with Crippen LogP contribution in [0.2, 0.25) is 10.0 Å². The van der Waals surface area contributed by atoms with Gasteiger partial charge in [-0.15, -0.1) is 0 Å². The van der Waals surface area contributed by atoms with Crippen molar-refractivity contribution in [2.24, 2.45) is 0 Å². The molecule has 0 fully saturated rings. The summed E-state index contributed by atoms with van der Waals surface area (Å²) >= 11 is 11.8. The molecule has 0 saturated carbocycles. The van der Waals surface area contributed by atoms with Crippen molar-refractivity contribution in [3.8, 4) is 0 Å². The van der Waals surface area contributed by atoms with Gasteiger partial charge < -0.3 is 5.73 Å². The number of hydrogen-bond donors (Lipinski definition) is 2. The van der Waals surface area contributed by atoms with Gasteiger partial charge in [0.25, 0.3) is 0 Å². The van der Waals surface area contributed by atoms with Gasteiger partial charge in [-0.2, -0.15) is 0 Å². The second kappa shape index (κ2) is 6.62. The smallest absolute Gasteiger partial charge is 0.243 e. The molecule has 1 aromatic carbocycles. The fourth-order valence-corrected chi connectivity index (χ4v) is 4.03. The molecule has 0 amide bonds. The number of halogens is 2. The van der Waals surface area contributed by atoms with E-state index in [-0.39, 0.29) is 21.5 Å². The Labute approximate surface area is 133 Å². The van der Waals surface area contributed by atoms with Gasteiger partial charge in [0.05, 0.1) is 10.0 Å². The number of nitrogens with zero attached hydrogens (tertiary/aromatic N) is 1. The molecular weight excluding hydrogens is 333 g/mol. The van der Waals surface area contributed by atoms with Gasteiger partial charge in [0.1, 0.15) is 4.90 Å². The van der Waals surface area contributed by atoms with Crippen molar-refractivity contribution in [2.75, 3.05) is 12.3 Å². The summed E-state index contributed by atoms with van der Waals surface area (Å²) in [4.78, 5) is 3.95. The first-order valence-electron chi connectivity index (χ1n) is 6.04. The van der Waals surface area contributed by atoms with Gasteiger partial charge in [-0.05, 0) is 24.3 Å². The molecule has 5 nitrogen and oxygen atoms in total. The van der Waals surface area contributed by atoms with Crippen LogP contribution in [0.1, 0.15) is 5.69 Å². The van der Waals surface area contributed by atoms with Crippen molar-refractivity contribution in [2.45, 2.75) is 11.3 Å². The fraction of sp³-hybridized carbons (Fsp3) is 0.154. The summed E-state index contributed by atoms with van der Waals surface area (Å²) in [5.74, 6) is 0. The van der Waals surface area contributed by atoms with Crippen LogP contribution in [0.4, 0.5) is 5.69 Å². The first-order valence-corrected chi connectivity index (χ1v) is 8.28. The summed E-state index contributed by atoms with van der Waals surface area (Å²) in [5.41, 5.74) is 6.65. The lowest BCUT2D eigenvalue weighted by Crippen LogP contribution is -2.26. The molecule has 0 aliphatic rings. The topological polar surface area (TPSA) is 85.1 Å². The van der Waals surface area contributed by atoms with Crippen molar-refractivity contribution >= 4 is 38.9 Å². The third kappa shape index (κ3) is 4.07. The second-order valence-corrected chi connectivity index (χ2v) is 6.80. The first-order chi connectivity index (χ1) is 9.90. The van der Waals surface area contributed by atoms with Gasteiger partial charge in [0, 0.05) is 30.5 Å². The summed E-state index contributed by atoms with van der Waals surface area (Å²) in [7, 11) is -3.81. The fourth-order valence-electron chi connectivity index (χ4n) is 1.77. The Morgan fingerprint density at radius 1 is 1.19 bits per heavy atom. The van der Waals surface area contributed by atoms with Crippen molar-refractivity contribution < 1.29 is 8.42 Å². The summed E-state index contributed by atoms with van der Waals surface area (Å²) in [6.45, 7) is 0.191. The highest BCUT2D eigenvalue weighted by Crippen LogP contribution is 2.31. The van der Waals surface area contributed by atoms with E-state index in [2.05, 4.69) is 9.71 Å². The van der Waals surface area contributed by atoms with Gasteiger partial charge in [0.2, 0.25) is 10.0 Å². The molecule has 0 saturated heterocycles. The molecule has 2 rings (SSSR count). The van der Waals surface area contributed by atoms with E-state index in [0.29, 0.717) is 12.1 Å². The molecule has 0 aliphatic heterocycles. The number of aromatic nitrogens is 1. The van der Waals surface area contributed by atoms with Crippen LogP contribution < -0.4 is 10.5 Å². The van der Waals surface area contributed by atoms with Gasteiger partial charge >= 0.3 is 0 Å². The highest BCUT2D eigenvalue weighted by atomic mass is 35.5. The van der Waals surface area contributed by atoms with E-state index in [4.69, 9.17) is 28.9 Å². The van der Waals surface area contributed by atoms with Crippen LogP contribution in [0, 0.1) is 0 Å². The maximum absolute atomic E-state index is 12.2. The Bertz CT molecular complexity index is 713. The molecule has 0 atom stereocenters. The van der Waals surface area contributed by atoms with Crippen LogP contribution in [0.5, 0.6) is 0 Å². The van der Waals surface area contributed by atoms with E-state index >= 15 is 0 Å². The van der Waals surface area contributed by atoms with Crippen molar-refractivity contribution in [1.82, 2.24) is 9.71 Å². The van der Waals surface area contributed by atoms with Crippen LogP contribution in [-0.4, -0.2) is 19.9 Å². The minimum atomic E-state index is -3.81. The number of nitrogen functional groups attached to an aromatic ring is 1. The summed E-state index contributed by atoms with van der Waals surface area (Å²) < 4.78 is 26.9. The lowest BCUT2D eigenvalue weighted by atomic mass is 10.3. The summed E-state index contributed by atoms with van der Waals surface area (Å²) in [6, 6.07) is 8.14. The molecule has 0 aliphatic carbocycles. The number of anilines is 1. The number of rotatable bonds is 5. The maximum Gasteiger partial charge on any atom is 0.243 e. The Morgan fingerprint density at radius 2 is 1.86 bits per heavy atom. The van der Waals surface area contributed by atoms with Gasteiger partial charge in [-0.1, -0.05) is 29.3 Å². The normalized spacial score (nSPS) is 11.5. The quantitative estimate of drug-likeness (QED) is 0.815. The molecule has 0 unspecified atom stereocenters. The van der Waals surface area contributed by atoms with E-state index < -0.39 is 10.0 Å². The standard InChI is InChI=1S/C13H13Cl2N3O2S/c14-11-7-9(16)8-12(15)13(11)21(19,20)18-6-4-10-3-1-2-5-17-10/h1-3,5,7-8,18H,4,6,16H2. The Kier molecular flexibility index (Phi) is 5.05. The molecule has 1 aromatic heterocycles. The number of nitrogens with one attached hydrogen (secondary N) is 1. The highest BCUT2D eigenvalue weighted by molar-refractivity contribution is 7.89. The largest absolute Gasteiger partial charge is 0.399 e. The van der Waals surface area contributed by atoms with Crippen LogP contribution in [-0.2, 0) is 16.4 Å². The molecule has 8 heteroatoms. The molecular formula is C13H13Cl2N3O2S. The van der Waals surface area contributed by atoms with Crippen LogP contribution in [0.3, 0.4) is 0 Å². The van der Waals surface area contributed by atoms with Crippen molar-refractivity contribution in [1.29, 1.82) is 0 Å². The number of hydrogen-bond acceptors (Lipinski definition) is 4. The van der Waals surface area contributed by atoms with Gasteiger partial charge in [-0.3, -0.25) is 4.98 Å². The Balaban J connectivity index is 2.12. The van der Waals surface area contributed by atoms with Crippen LogP contribution in [0.15, 0.2) is 41.4 Å². The number of benzene rings is 1. The third-order valence-electron chi connectivity index (χ3n) is 2.69. The average molecular weight is 346 g/mol. The number of sulfonamides is 1. The zero-order valence-corrected chi connectivity index (χ0v) is 13.2. The lowest BCUT2D eigenvalue weighted by Gasteiger charge is -2.10. The molecule has 2 aromatic rings. The highest BCUT2D eigenvalue weighted by Gasteiger charge is 2.21. The van der Waals surface area contributed by atoms with Crippen molar-refractivity contribution in [3.63, 3.8) is 0 Å². The van der Waals surface area contributed by atoms with Crippen molar-refractivity contribution in [3.05, 3.63) is 52.3 Å². The minimum Gasteiger partial charge on any atom is -0.399 e. The van der Waals surface area contributed by atoms with E-state index in [9.17, 15) is 8.42 Å². The Hall–Kier alpha value is -1.34. The second-order valence-electron chi connectivity index (χ2n) is 4.28. The monoisotopic (exact) mass is 345 g/mol. The van der Waals surface area contributed by atoms with E-state index in [0.717, 1.165) is 5.69 Å². The van der Waals surface area contributed by atoms with Gasteiger partial charge in [-0.25, -0.2) is 13.1 Å². The SMILES string of the molecule is Nc1cc(Cl)c(S(=O)(=O)NCCc2ccccn2)c(Cl)c1. The predicted molar refractivity (Wildman–Crippen MR) is 84.0 cm³/mol. The minimum absolute atomic E-state index is 0.00895. The molecule has 112 valence electrons. The average Bonchev–Trinajstić information content (AvgIpc) is 2.38. The van der Waals surface area contributed by atoms with E-state index in [1.165, 1.54) is 12.1 Å². The van der Waals surface area contributed by atoms with E-state index in [1.54, 1.807) is 12.3 Å². The molecule has 0 radical (unpaired) electrons. The zero-order chi connectivity index (χ0) is 15.5. The van der Waals surface area contributed by atoms with Gasteiger partial charge in [0.15, 0.2) is 0 Å². The number of nitrogens with two attached hydrogens (primary N) is 1. The molecule has 21 heavy (non-hydrogen) atoms. The number of pyridine rings is 1. The lowest BCUT2D eigenvalue weighted by molar-refractivity contribution is 0.581. The van der Waals surface area contributed by atoms with Crippen LogP contribution >= 0.6 is 23.2 Å². The maximum atomic E-state index is 12.2. The molecule has 0 bridgehead atoms. The zero-order valence-electron chi connectivity index (χ0n) is 10.9. The molecule has 0 spiro atoms.